The topological polar surface area (TPSA) is 87.9 Å². The van der Waals surface area contributed by atoms with Gasteiger partial charge in [0.05, 0.1) is 12.0 Å². The lowest BCUT2D eigenvalue weighted by Gasteiger charge is -2.38. The van der Waals surface area contributed by atoms with Gasteiger partial charge in [-0.25, -0.2) is 0 Å². The molecule has 1 aromatic carbocycles. The highest BCUT2D eigenvalue weighted by atomic mass is 35.5. The summed E-state index contributed by atoms with van der Waals surface area (Å²) >= 11 is 0. The predicted molar refractivity (Wildman–Crippen MR) is 105 cm³/mol. The van der Waals surface area contributed by atoms with Crippen LogP contribution in [-0.4, -0.2) is 48.2 Å². The number of benzene rings is 1. The summed E-state index contributed by atoms with van der Waals surface area (Å²) in [5.41, 5.74) is 0.604. The first kappa shape index (κ1) is 22.8. The Kier molecular flexibility index (Phi) is 8.89. The van der Waals surface area contributed by atoms with E-state index in [1.807, 2.05) is 0 Å². The van der Waals surface area contributed by atoms with Gasteiger partial charge in [0, 0.05) is 38.3 Å². The number of nitro groups is 1. The fourth-order valence-electron chi connectivity index (χ4n) is 4.09. The normalized spacial score (nSPS) is 19.3. The maximum atomic E-state index is 11.3. The van der Waals surface area contributed by atoms with Gasteiger partial charge in [0.15, 0.2) is 5.75 Å². The Hall–Kier alpha value is -1.28. The van der Waals surface area contributed by atoms with Crippen LogP contribution in [-0.2, 0) is 0 Å². The number of nitro benzene ring substituents is 1. The van der Waals surface area contributed by atoms with Crippen LogP contribution in [0.1, 0.15) is 37.3 Å². The van der Waals surface area contributed by atoms with Crippen molar-refractivity contribution < 1.29 is 14.8 Å². The van der Waals surface area contributed by atoms with Crippen LogP contribution in [0.2, 0.25) is 0 Å². The third-order valence-electron chi connectivity index (χ3n) is 5.23. The van der Waals surface area contributed by atoms with Crippen molar-refractivity contribution in [2.75, 3.05) is 33.3 Å². The molecular weight excluding hydrogens is 381 g/mol. The molecule has 7 nitrogen and oxygen atoms in total. The van der Waals surface area contributed by atoms with Crippen LogP contribution >= 0.6 is 24.8 Å². The predicted octanol–water partition coefficient (Wildman–Crippen LogP) is 3.29. The van der Waals surface area contributed by atoms with Crippen molar-refractivity contribution in [1.82, 2.24) is 10.2 Å². The molecule has 1 heterocycles. The number of hydrogen-bond acceptors (Lipinski definition) is 6. The Bertz CT molecular complexity index is 606. The van der Waals surface area contributed by atoms with Crippen molar-refractivity contribution in [3.8, 4) is 11.5 Å². The van der Waals surface area contributed by atoms with Gasteiger partial charge in [-0.05, 0) is 30.4 Å². The molecule has 1 saturated heterocycles. The molecule has 0 bridgehead atoms. The molecule has 0 amide bonds. The number of nitrogens with one attached hydrogen (secondary N) is 1. The minimum absolute atomic E-state index is 0. The molecule has 0 spiro atoms. The van der Waals surface area contributed by atoms with Gasteiger partial charge >= 0.3 is 5.69 Å². The van der Waals surface area contributed by atoms with Crippen LogP contribution in [0.3, 0.4) is 0 Å². The van der Waals surface area contributed by atoms with Crippen LogP contribution in [0.5, 0.6) is 11.5 Å². The maximum absolute atomic E-state index is 11.3. The number of nitrogens with zero attached hydrogens (tertiary/aromatic N) is 2. The van der Waals surface area contributed by atoms with E-state index < -0.39 is 10.7 Å². The molecule has 148 valence electrons. The molecule has 9 heteroatoms. The first-order chi connectivity index (χ1) is 11.6. The highest BCUT2D eigenvalue weighted by Crippen LogP contribution is 2.44. The molecule has 3 rings (SSSR count). The van der Waals surface area contributed by atoms with Gasteiger partial charge in [-0.2, -0.15) is 0 Å². The van der Waals surface area contributed by atoms with Crippen LogP contribution in [0.15, 0.2) is 12.1 Å². The molecule has 0 unspecified atom stereocenters. The van der Waals surface area contributed by atoms with Gasteiger partial charge in [0.25, 0.3) is 0 Å². The summed E-state index contributed by atoms with van der Waals surface area (Å²) in [7, 11) is 1.43. The summed E-state index contributed by atoms with van der Waals surface area (Å²) in [6, 6.07) is 3.44. The second-order valence-corrected chi connectivity index (χ2v) is 6.62. The number of phenols is 1. The third kappa shape index (κ3) is 4.71. The van der Waals surface area contributed by atoms with E-state index in [4.69, 9.17) is 4.74 Å². The number of rotatable bonds is 5. The minimum atomic E-state index is -0.537. The minimum Gasteiger partial charge on any atom is -0.500 e. The molecule has 1 atom stereocenters. The van der Waals surface area contributed by atoms with Crippen molar-refractivity contribution >= 4 is 30.5 Å². The molecule has 0 radical (unpaired) electrons. The Balaban J connectivity index is 0.00000169. The van der Waals surface area contributed by atoms with Crippen molar-refractivity contribution in [3.63, 3.8) is 0 Å². The first-order valence-electron chi connectivity index (χ1n) is 8.62. The zero-order chi connectivity index (χ0) is 17.1. The largest absolute Gasteiger partial charge is 0.500 e. The van der Waals surface area contributed by atoms with Gasteiger partial charge in [-0.3, -0.25) is 15.0 Å². The van der Waals surface area contributed by atoms with Crippen LogP contribution in [0.4, 0.5) is 5.69 Å². The number of aromatic hydroxyl groups is 1. The molecular formula is C17H27Cl2N3O4. The van der Waals surface area contributed by atoms with E-state index in [0.29, 0.717) is 5.92 Å². The molecule has 1 aliphatic heterocycles. The number of phenolic OH excluding ortho intramolecular Hbond substituents is 1. The Labute approximate surface area is 166 Å². The Morgan fingerprint density at radius 3 is 2.42 bits per heavy atom. The van der Waals surface area contributed by atoms with Crippen LogP contribution in [0, 0.1) is 16.0 Å². The molecule has 1 aliphatic carbocycles. The molecule has 2 aliphatic rings. The summed E-state index contributed by atoms with van der Waals surface area (Å²) in [4.78, 5) is 13.2. The second-order valence-electron chi connectivity index (χ2n) is 6.62. The number of halogens is 2. The zero-order valence-corrected chi connectivity index (χ0v) is 16.5. The zero-order valence-electron chi connectivity index (χ0n) is 14.8. The van der Waals surface area contributed by atoms with Gasteiger partial charge in [0.2, 0.25) is 5.75 Å². The van der Waals surface area contributed by atoms with E-state index in [-0.39, 0.29) is 42.3 Å². The van der Waals surface area contributed by atoms with Crippen molar-refractivity contribution in [1.29, 1.82) is 0 Å². The van der Waals surface area contributed by atoms with E-state index in [1.54, 1.807) is 6.07 Å². The maximum Gasteiger partial charge on any atom is 0.314 e. The van der Waals surface area contributed by atoms with Gasteiger partial charge in [0.1, 0.15) is 0 Å². The molecule has 0 aromatic heterocycles. The van der Waals surface area contributed by atoms with Crippen molar-refractivity contribution in [2.45, 2.75) is 31.7 Å². The van der Waals surface area contributed by atoms with Gasteiger partial charge in [-0.1, -0.05) is 12.8 Å². The van der Waals surface area contributed by atoms with Gasteiger partial charge < -0.3 is 15.2 Å². The quantitative estimate of drug-likeness (QED) is 0.574. The third-order valence-corrected chi connectivity index (χ3v) is 5.23. The average Bonchev–Trinajstić information content (AvgIpc) is 3.11. The number of piperazine rings is 1. The number of ether oxygens (including phenoxy) is 1. The summed E-state index contributed by atoms with van der Waals surface area (Å²) in [5, 5.41) is 24.7. The fourth-order valence-corrected chi connectivity index (χ4v) is 4.09. The SMILES string of the molecule is COc1cc([C@H](C2CCCC2)N2CCNCC2)cc([N+](=O)[O-])c1O.Cl.Cl. The molecule has 1 saturated carbocycles. The Morgan fingerprint density at radius 2 is 1.88 bits per heavy atom. The van der Waals surface area contributed by atoms with Crippen LogP contribution in [0.25, 0.3) is 0 Å². The van der Waals surface area contributed by atoms with Gasteiger partial charge in [-0.15, -0.1) is 24.8 Å². The highest BCUT2D eigenvalue weighted by Gasteiger charge is 2.34. The lowest BCUT2D eigenvalue weighted by molar-refractivity contribution is -0.386. The average molecular weight is 408 g/mol. The van der Waals surface area contributed by atoms with Crippen molar-refractivity contribution in [2.24, 2.45) is 5.92 Å². The van der Waals surface area contributed by atoms with E-state index >= 15 is 0 Å². The summed E-state index contributed by atoms with van der Waals surface area (Å²) < 4.78 is 5.19. The smallest absolute Gasteiger partial charge is 0.314 e. The van der Waals surface area contributed by atoms with E-state index in [2.05, 4.69) is 10.2 Å². The molecule has 1 aromatic rings. The fraction of sp³-hybridized carbons (Fsp3) is 0.647. The monoisotopic (exact) mass is 407 g/mol. The van der Waals surface area contributed by atoms with Crippen molar-refractivity contribution in [3.05, 3.63) is 27.8 Å². The Morgan fingerprint density at radius 1 is 1.27 bits per heavy atom. The second kappa shape index (κ2) is 10.2. The van der Waals surface area contributed by atoms with E-state index in [1.165, 1.54) is 26.0 Å². The lowest BCUT2D eigenvalue weighted by Crippen LogP contribution is -2.46. The highest BCUT2D eigenvalue weighted by molar-refractivity contribution is 5.85. The van der Waals surface area contributed by atoms with E-state index in [0.717, 1.165) is 44.6 Å². The number of methoxy groups -OCH3 is 1. The summed E-state index contributed by atoms with van der Waals surface area (Å²) in [6.45, 7) is 3.72. The molecule has 2 N–H and O–H groups in total. The lowest BCUT2D eigenvalue weighted by atomic mass is 9.89. The summed E-state index contributed by atoms with van der Waals surface area (Å²) in [5.74, 6) is 0.283. The first-order valence-corrected chi connectivity index (χ1v) is 8.62. The van der Waals surface area contributed by atoms with E-state index in [9.17, 15) is 15.2 Å². The standard InChI is InChI=1S/C17H25N3O4.2ClH/c1-24-15-11-13(10-14(17(15)21)20(22)23)16(12-4-2-3-5-12)19-8-6-18-7-9-19;;/h10-12,16,18,21H,2-9H2,1H3;2*1H/t16-;;/m0../s1. The molecule has 2 fully saturated rings. The molecule has 26 heavy (non-hydrogen) atoms. The van der Waals surface area contributed by atoms with Crippen LogP contribution < -0.4 is 10.1 Å². The summed E-state index contributed by atoms with van der Waals surface area (Å²) in [6.07, 6.45) is 4.71. The number of hydrogen-bond donors (Lipinski definition) is 2.